The average Bonchev–Trinajstić information content (AvgIpc) is 2.43. The van der Waals surface area contributed by atoms with Crippen LogP contribution < -0.4 is 5.32 Å². The third-order valence-corrected chi connectivity index (χ3v) is 5.26. The van der Waals surface area contributed by atoms with Crippen molar-refractivity contribution in [1.29, 1.82) is 0 Å². The Morgan fingerprint density at radius 1 is 1.05 bits per heavy atom. The maximum Gasteiger partial charge on any atom is 0.0377 e. The summed E-state index contributed by atoms with van der Waals surface area (Å²) in [7, 11) is 0. The molecule has 2 aliphatic rings. The first-order chi connectivity index (χ1) is 10.1. The van der Waals surface area contributed by atoms with Crippen molar-refractivity contribution in [1.82, 2.24) is 10.2 Å². The van der Waals surface area contributed by atoms with Gasteiger partial charge in [-0.1, -0.05) is 51.5 Å². The Labute approximate surface area is 129 Å². The predicted molar refractivity (Wildman–Crippen MR) is 89.7 cm³/mol. The number of nitrogens with one attached hydrogen (secondary N) is 1. The smallest absolute Gasteiger partial charge is 0.0377 e. The maximum absolute atomic E-state index is 3.48. The first kappa shape index (κ1) is 15.1. The molecule has 1 aromatic rings. The summed E-state index contributed by atoms with van der Waals surface area (Å²) in [5, 5.41) is 3.48. The molecule has 1 heterocycles. The number of hydrogen-bond donors (Lipinski definition) is 1. The van der Waals surface area contributed by atoms with Crippen molar-refractivity contribution >= 4 is 0 Å². The van der Waals surface area contributed by atoms with Gasteiger partial charge in [0.25, 0.3) is 0 Å². The van der Waals surface area contributed by atoms with E-state index in [0.29, 0.717) is 6.04 Å². The summed E-state index contributed by atoms with van der Waals surface area (Å²) >= 11 is 0. The van der Waals surface area contributed by atoms with E-state index in [0.717, 1.165) is 19.0 Å². The lowest BCUT2D eigenvalue weighted by molar-refractivity contribution is 0.0837. The zero-order valence-electron chi connectivity index (χ0n) is 13.9. The number of piperazine rings is 1. The van der Waals surface area contributed by atoms with Gasteiger partial charge in [-0.05, 0) is 35.3 Å². The second kappa shape index (κ2) is 6.10. The van der Waals surface area contributed by atoms with E-state index in [9.17, 15) is 0 Å². The van der Waals surface area contributed by atoms with E-state index in [2.05, 4.69) is 55.3 Å². The highest BCUT2D eigenvalue weighted by atomic mass is 15.2. The lowest BCUT2D eigenvalue weighted by Gasteiger charge is -2.43. The van der Waals surface area contributed by atoms with Crippen LogP contribution in [0.5, 0.6) is 0 Å². The molecule has 116 valence electrons. The molecular weight excluding hydrogens is 256 g/mol. The van der Waals surface area contributed by atoms with E-state index in [4.69, 9.17) is 0 Å². The summed E-state index contributed by atoms with van der Waals surface area (Å²) in [6, 6.07) is 10.1. The normalized spacial score (nSPS) is 22.8. The van der Waals surface area contributed by atoms with Crippen molar-refractivity contribution in [3.8, 4) is 0 Å². The molecule has 0 bridgehead atoms. The van der Waals surface area contributed by atoms with Gasteiger partial charge >= 0.3 is 0 Å². The molecule has 1 saturated heterocycles. The molecule has 0 unspecified atom stereocenters. The molecule has 21 heavy (non-hydrogen) atoms. The minimum absolute atomic E-state index is 0.250. The Hall–Kier alpha value is -0.860. The van der Waals surface area contributed by atoms with Crippen LogP contribution in [0.25, 0.3) is 0 Å². The van der Waals surface area contributed by atoms with Gasteiger partial charge in [0.15, 0.2) is 0 Å². The zero-order chi connectivity index (χ0) is 14.9. The number of benzene rings is 1. The topological polar surface area (TPSA) is 15.3 Å². The van der Waals surface area contributed by atoms with Gasteiger partial charge in [0.1, 0.15) is 0 Å². The SMILES string of the molecule is CC(C)(C)c1ccc([C@@H](C2CCC2)N2CCNCC2)cc1. The van der Waals surface area contributed by atoms with Crippen LogP contribution in [0.15, 0.2) is 24.3 Å². The van der Waals surface area contributed by atoms with Crippen molar-refractivity contribution in [2.45, 2.75) is 51.5 Å². The van der Waals surface area contributed by atoms with Crippen molar-refractivity contribution in [2.75, 3.05) is 26.2 Å². The Morgan fingerprint density at radius 2 is 1.67 bits per heavy atom. The van der Waals surface area contributed by atoms with Gasteiger partial charge in [0.05, 0.1) is 0 Å². The molecule has 2 fully saturated rings. The summed E-state index contributed by atoms with van der Waals surface area (Å²) in [5.74, 6) is 0.878. The van der Waals surface area contributed by atoms with Crippen LogP contribution in [-0.4, -0.2) is 31.1 Å². The van der Waals surface area contributed by atoms with Crippen molar-refractivity contribution in [2.24, 2.45) is 5.92 Å². The van der Waals surface area contributed by atoms with Crippen LogP contribution >= 0.6 is 0 Å². The minimum Gasteiger partial charge on any atom is -0.314 e. The van der Waals surface area contributed by atoms with E-state index >= 15 is 0 Å². The Bertz CT molecular complexity index is 447. The van der Waals surface area contributed by atoms with Crippen LogP contribution in [0, 0.1) is 5.92 Å². The first-order valence-electron chi connectivity index (χ1n) is 8.61. The summed E-state index contributed by atoms with van der Waals surface area (Å²) in [4.78, 5) is 2.71. The van der Waals surface area contributed by atoms with Gasteiger partial charge in [0, 0.05) is 32.2 Å². The van der Waals surface area contributed by atoms with E-state index in [1.165, 1.54) is 43.5 Å². The van der Waals surface area contributed by atoms with E-state index in [-0.39, 0.29) is 5.41 Å². The molecular formula is C19H30N2. The fourth-order valence-corrected chi connectivity index (χ4v) is 3.68. The van der Waals surface area contributed by atoms with Crippen LogP contribution in [-0.2, 0) is 5.41 Å². The monoisotopic (exact) mass is 286 g/mol. The van der Waals surface area contributed by atoms with Crippen molar-refractivity contribution in [3.63, 3.8) is 0 Å². The largest absolute Gasteiger partial charge is 0.314 e. The van der Waals surface area contributed by atoms with Gasteiger partial charge in [0.2, 0.25) is 0 Å². The average molecular weight is 286 g/mol. The van der Waals surface area contributed by atoms with Gasteiger partial charge < -0.3 is 5.32 Å². The Balaban J connectivity index is 1.82. The summed E-state index contributed by atoms with van der Waals surface area (Å²) in [5.41, 5.74) is 3.23. The summed E-state index contributed by atoms with van der Waals surface area (Å²) in [6.45, 7) is 11.6. The van der Waals surface area contributed by atoms with Gasteiger partial charge in [-0.2, -0.15) is 0 Å². The fourth-order valence-electron chi connectivity index (χ4n) is 3.68. The second-order valence-corrected chi connectivity index (χ2v) is 7.79. The molecule has 2 nitrogen and oxygen atoms in total. The van der Waals surface area contributed by atoms with E-state index in [1.54, 1.807) is 0 Å². The summed E-state index contributed by atoms with van der Waals surface area (Å²) < 4.78 is 0. The standard InChI is InChI=1S/C19H30N2/c1-19(2,3)17-9-7-16(8-10-17)18(15-5-4-6-15)21-13-11-20-12-14-21/h7-10,15,18,20H,4-6,11-14H2,1-3H3/t18-/m1/s1. The molecule has 0 radical (unpaired) electrons. The first-order valence-corrected chi connectivity index (χ1v) is 8.61. The molecule has 1 saturated carbocycles. The number of hydrogen-bond acceptors (Lipinski definition) is 2. The fraction of sp³-hybridized carbons (Fsp3) is 0.684. The van der Waals surface area contributed by atoms with Crippen molar-refractivity contribution < 1.29 is 0 Å². The molecule has 1 N–H and O–H groups in total. The Kier molecular flexibility index (Phi) is 4.37. The molecule has 1 atom stereocenters. The highest BCUT2D eigenvalue weighted by Gasteiger charge is 2.33. The van der Waals surface area contributed by atoms with Crippen LogP contribution in [0.2, 0.25) is 0 Å². The summed E-state index contributed by atoms with van der Waals surface area (Å²) in [6.07, 6.45) is 4.25. The second-order valence-electron chi connectivity index (χ2n) is 7.79. The minimum atomic E-state index is 0.250. The van der Waals surface area contributed by atoms with Gasteiger partial charge in [-0.15, -0.1) is 0 Å². The van der Waals surface area contributed by atoms with E-state index in [1.807, 2.05) is 0 Å². The third kappa shape index (κ3) is 3.32. The maximum atomic E-state index is 3.48. The molecule has 0 amide bonds. The van der Waals surface area contributed by atoms with Crippen molar-refractivity contribution in [3.05, 3.63) is 35.4 Å². The van der Waals surface area contributed by atoms with Crippen LogP contribution in [0.4, 0.5) is 0 Å². The lowest BCUT2D eigenvalue weighted by Crippen LogP contribution is -2.47. The quantitative estimate of drug-likeness (QED) is 0.911. The zero-order valence-corrected chi connectivity index (χ0v) is 13.9. The number of nitrogens with zero attached hydrogens (tertiary/aromatic N) is 1. The van der Waals surface area contributed by atoms with Gasteiger partial charge in [-0.3, -0.25) is 4.90 Å². The van der Waals surface area contributed by atoms with E-state index < -0.39 is 0 Å². The molecule has 0 spiro atoms. The highest BCUT2D eigenvalue weighted by molar-refractivity contribution is 5.30. The molecule has 1 aliphatic carbocycles. The molecule has 3 rings (SSSR count). The lowest BCUT2D eigenvalue weighted by atomic mass is 9.75. The third-order valence-electron chi connectivity index (χ3n) is 5.26. The van der Waals surface area contributed by atoms with Crippen LogP contribution in [0.1, 0.15) is 57.2 Å². The highest BCUT2D eigenvalue weighted by Crippen LogP contribution is 2.41. The molecule has 1 aliphatic heterocycles. The number of rotatable bonds is 3. The molecule has 1 aromatic carbocycles. The molecule has 0 aromatic heterocycles. The van der Waals surface area contributed by atoms with Gasteiger partial charge in [-0.25, -0.2) is 0 Å². The Morgan fingerprint density at radius 3 is 2.14 bits per heavy atom. The van der Waals surface area contributed by atoms with Crippen LogP contribution in [0.3, 0.4) is 0 Å². The molecule has 2 heteroatoms. The predicted octanol–water partition coefficient (Wildman–Crippen LogP) is 3.73.